The summed E-state index contributed by atoms with van der Waals surface area (Å²) in [6.45, 7) is 9.39. The van der Waals surface area contributed by atoms with E-state index in [1.807, 2.05) is 0 Å². The summed E-state index contributed by atoms with van der Waals surface area (Å²) in [6.07, 6.45) is 2.05. The fourth-order valence-electron chi connectivity index (χ4n) is 1.75. The summed E-state index contributed by atoms with van der Waals surface area (Å²) in [5.74, 6) is 0. The van der Waals surface area contributed by atoms with Gasteiger partial charge in [-0.2, -0.15) is 0 Å². The van der Waals surface area contributed by atoms with Gasteiger partial charge in [0.1, 0.15) is 0 Å². The second-order valence-corrected chi connectivity index (χ2v) is 6.18. The minimum absolute atomic E-state index is 0.358. The van der Waals surface area contributed by atoms with Crippen LogP contribution in [0, 0.1) is 3.57 Å². The Morgan fingerprint density at radius 2 is 2.18 bits per heavy atom. The van der Waals surface area contributed by atoms with Crippen LogP contribution in [0.25, 0.3) is 0 Å². The summed E-state index contributed by atoms with van der Waals surface area (Å²) in [7, 11) is 0. The molecule has 1 unspecified atom stereocenters. The molecular weight excluding hydrogens is 389 g/mol. The van der Waals surface area contributed by atoms with Gasteiger partial charge in [-0.1, -0.05) is 41.9 Å². The number of benzene rings is 1. The van der Waals surface area contributed by atoms with E-state index in [4.69, 9.17) is 0 Å². The number of rotatable bonds is 6. The summed E-state index contributed by atoms with van der Waals surface area (Å²) >= 11 is 6.00. The van der Waals surface area contributed by atoms with Crippen LogP contribution >= 0.6 is 38.5 Å². The van der Waals surface area contributed by atoms with Crippen LogP contribution in [-0.2, 0) is 0 Å². The molecular formula is C14H19BrIN. The first-order chi connectivity index (χ1) is 8.08. The highest BCUT2D eigenvalue weighted by atomic mass is 127. The molecule has 0 saturated carbocycles. The molecule has 0 amide bonds. The van der Waals surface area contributed by atoms with Crippen LogP contribution in [0.1, 0.15) is 38.3 Å². The molecule has 0 bridgehead atoms. The van der Waals surface area contributed by atoms with E-state index in [1.54, 1.807) is 0 Å². The van der Waals surface area contributed by atoms with E-state index in [2.05, 4.69) is 82.5 Å². The van der Waals surface area contributed by atoms with Crippen molar-refractivity contribution in [1.82, 2.24) is 5.32 Å². The Bertz CT molecular complexity index is 390. The summed E-state index contributed by atoms with van der Waals surface area (Å²) in [5, 5.41) is 3.54. The third-order valence-electron chi connectivity index (χ3n) is 2.78. The minimum Gasteiger partial charge on any atom is -0.310 e. The third kappa shape index (κ3) is 4.72. The Morgan fingerprint density at radius 3 is 2.76 bits per heavy atom. The van der Waals surface area contributed by atoms with Gasteiger partial charge in [-0.3, -0.25) is 0 Å². The lowest BCUT2D eigenvalue weighted by Crippen LogP contribution is -2.21. The van der Waals surface area contributed by atoms with Gasteiger partial charge in [-0.05, 0) is 65.7 Å². The maximum atomic E-state index is 4.12. The van der Waals surface area contributed by atoms with E-state index in [-0.39, 0.29) is 0 Å². The highest BCUT2D eigenvalue weighted by Gasteiger charge is 2.14. The first kappa shape index (κ1) is 15.2. The maximum Gasteiger partial charge on any atom is 0.0369 e. The van der Waals surface area contributed by atoms with Crippen LogP contribution in [0.4, 0.5) is 0 Å². The number of halogens is 2. The molecule has 0 aliphatic heterocycles. The Balaban J connectivity index is 2.95. The number of hydrogen-bond acceptors (Lipinski definition) is 1. The van der Waals surface area contributed by atoms with Crippen LogP contribution in [0.3, 0.4) is 0 Å². The van der Waals surface area contributed by atoms with Gasteiger partial charge in [0.25, 0.3) is 0 Å². The van der Waals surface area contributed by atoms with Gasteiger partial charge < -0.3 is 5.32 Å². The monoisotopic (exact) mass is 407 g/mol. The Hall–Kier alpha value is 0.130. The fourth-order valence-corrected chi connectivity index (χ4v) is 2.79. The number of hydrogen-bond donors (Lipinski definition) is 1. The SMILES string of the molecule is C=C(CC)CC(NCC)c1cc(I)ccc1Br. The average molecular weight is 408 g/mol. The standard InChI is InChI=1S/C14H19BrIN/c1-4-10(3)8-14(17-5-2)12-9-11(16)6-7-13(12)15/h6-7,9,14,17H,3-5,8H2,1-2H3. The van der Waals surface area contributed by atoms with Gasteiger partial charge in [-0.25, -0.2) is 0 Å². The van der Waals surface area contributed by atoms with E-state index in [0.29, 0.717) is 6.04 Å². The van der Waals surface area contributed by atoms with E-state index in [1.165, 1.54) is 19.2 Å². The van der Waals surface area contributed by atoms with Gasteiger partial charge in [0.05, 0.1) is 0 Å². The van der Waals surface area contributed by atoms with Gasteiger partial charge in [0.2, 0.25) is 0 Å². The first-order valence-electron chi connectivity index (χ1n) is 5.93. The van der Waals surface area contributed by atoms with E-state index >= 15 is 0 Å². The molecule has 1 N–H and O–H groups in total. The predicted octanol–water partition coefficient (Wildman–Crippen LogP) is 5.06. The summed E-state index contributed by atoms with van der Waals surface area (Å²) in [4.78, 5) is 0. The summed E-state index contributed by atoms with van der Waals surface area (Å²) in [6, 6.07) is 6.83. The highest BCUT2D eigenvalue weighted by Crippen LogP contribution is 2.29. The molecule has 1 aromatic rings. The van der Waals surface area contributed by atoms with Crippen molar-refractivity contribution in [2.75, 3.05) is 6.54 Å². The van der Waals surface area contributed by atoms with Gasteiger partial charge in [-0.15, -0.1) is 0 Å². The smallest absolute Gasteiger partial charge is 0.0369 e. The van der Waals surface area contributed by atoms with E-state index < -0.39 is 0 Å². The molecule has 0 fully saturated rings. The van der Waals surface area contributed by atoms with E-state index in [9.17, 15) is 0 Å². The lowest BCUT2D eigenvalue weighted by Gasteiger charge is -2.21. The fraction of sp³-hybridized carbons (Fsp3) is 0.429. The van der Waals surface area contributed by atoms with Crippen molar-refractivity contribution in [3.8, 4) is 0 Å². The molecule has 0 aromatic heterocycles. The van der Waals surface area contributed by atoms with Gasteiger partial charge in [0.15, 0.2) is 0 Å². The molecule has 0 aliphatic rings. The molecule has 0 spiro atoms. The first-order valence-corrected chi connectivity index (χ1v) is 7.80. The molecule has 0 radical (unpaired) electrons. The zero-order valence-electron chi connectivity index (χ0n) is 10.4. The number of nitrogens with one attached hydrogen (secondary N) is 1. The van der Waals surface area contributed by atoms with Gasteiger partial charge in [0, 0.05) is 14.1 Å². The average Bonchev–Trinajstić information content (AvgIpc) is 2.31. The van der Waals surface area contributed by atoms with Gasteiger partial charge >= 0.3 is 0 Å². The molecule has 1 rings (SSSR count). The molecule has 0 aliphatic carbocycles. The van der Waals surface area contributed by atoms with Crippen LogP contribution in [0.2, 0.25) is 0 Å². The Kier molecular flexibility index (Phi) is 6.74. The van der Waals surface area contributed by atoms with Crippen molar-refractivity contribution in [1.29, 1.82) is 0 Å². The lowest BCUT2D eigenvalue weighted by atomic mass is 9.98. The second-order valence-electron chi connectivity index (χ2n) is 4.08. The second kappa shape index (κ2) is 7.54. The molecule has 1 atom stereocenters. The Morgan fingerprint density at radius 1 is 1.47 bits per heavy atom. The topological polar surface area (TPSA) is 12.0 Å². The minimum atomic E-state index is 0.358. The normalized spacial score (nSPS) is 12.5. The van der Waals surface area contributed by atoms with Crippen LogP contribution in [0.5, 0.6) is 0 Å². The zero-order valence-corrected chi connectivity index (χ0v) is 14.1. The largest absolute Gasteiger partial charge is 0.310 e. The molecule has 1 nitrogen and oxygen atoms in total. The van der Waals surface area contributed by atoms with Crippen molar-refractivity contribution in [2.24, 2.45) is 0 Å². The molecule has 94 valence electrons. The van der Waals surface area contributed by atoms with Crippen molar-refractivity contribution in [3.63, 3.8) is 0 Å². The van der Waals surface area contributed by atoms with Crippen LogP contribution < -0.4 is 5.32 Å². The van der Waals surface area contributed by atoms with Crippen molar-refractivity contribution in [3.05, 3.63) is 44.0 Å². The molecule has 0 heterocycles. The summed E-state index contributed by atoms with van der Waals surface area (Å²) in [5.41, 5.74) is 2.62. The lowest BCUT2D eigenvalue weighted by molar-refractivity contribution is 0.541. The molecule has 0 saturated heterocycles. The Labute approximate surface area is 126 Å². The molecule has 17 heavy (non-hydrogen) atoms. The zero-order chi connectivity index (χ0) is 12.8. The van der Waals surface area contributed by atoms with Crippen LogP contribution in [0.15, 0.2) is 34.8 Å². The summed E-state index contributed by atoms with van der Waals surface area (Å²) < 4.78 is 2.44. The van der Waals surface area contributed by atoms with Crippen molar-refractivity contribution < 1.29 is 0 Å². The van der Waals surface area contributed by atoms with Crippen molar-refractivity contribution >= 4 is 38.5 Å². The maximum absolute atomic E-state index is 4.12. The molecule has 1 aromatic carbocycles. The quantitative estimate of drug-likeness (QED) is 0.513. The highest BCUT2D eigenvalue weighted by molar-refractivity contribution is 14.1. The van der Waals surface area contributed by atoms with Crippen LogP contribution in [-0.4, -0.2) is 6.54 Å². The predicted molar refractivity (Wildman–Crippen MR) is 87.3 cm³/mol. The third-order valence-corrected chi connectivity index (χ3v) is 4.17. The van der Waals surface area contributed by atoms with E-state index in [0.717, 1.165) is 19.4 Å². The molecule has 3 heteroatoms. The van der Waals surface area contributed by atoms with Crippen molar-refractivity contribution in [2.45, 2.75) is 32.7 Å².